The van der Waals surface area contributed by atoms with E-state index in [9.17, 15) is 0 Å². The van der Waals surface area contributed by atoms with Crippen molar-refractivity contribution in [2.75, 3.05) is 6.54 Å². The molecule has 0 saturated heterocycles. The van der Waals surface area contributed by atoms with Gasteiger partial charge in [0.25, 0.3) is 0 Å². The Labute approximate surface area is 104 Å². The number of allylic oxidation sites excluding steroid dienone is 1. The molecule has 1 aromatic carbocycles. The second-order valence-corrected chi connectivity index (χ2v) is 4.12. The highest BCUT2D eigenvalue weighted by Gasteiger charge is 1.93. The molecule has 0 aromatic heterocycles. The standard InChI is InChI=1S/C15H20N2/c1-2-3-4-5-6-11-17-13-15-9-7-14(12-16)8-10-15/h2,7-10,17H,1,3-6,11,13H2. The Morgan fingerprint density at radius 2 is 1.94 bits per heavy atom. The molecular weight excluding hydrogens is 208 g/mol. The van der Waals surface area contributed by atoms with Gasteiger partial charge >= 0.3 is 0 Å². The van der Waals surface area contributed by atoms with Crippen LogP contribution in [-0.4, -0.2) is 6.54 Å². The van der Waals surface area contributed by atoms with Gasteiger partial charge in [-0.15, -0.1) is 6.58 Å². The highest BCUT2D eigenvalue weighted by Crippen LogP contribution is 2.03. The highest BCUT2D eigenvalue weighted by molar-refractivity contribution is 5.31. The zero-order valence-electron chi connectivity index (χ0n) is 10.3. The Balaban J connectivity index is 2.09. The van der Waals surface area contributed by atoms with Gasteiger partial charge < -0.3 is 5.32 Å². The van der Waals surface area contributed by atoms with Gasteiger partial charge in [0, 0.05) is 6.54 Å². The summed E-state index contributed by atoms with van der Waals surface area (Å²) in [5.41, 5.74) is 1.95. The number of rotatable bonds is 8. The van der Waals surface area contributed by atoms with E-state index in [2.05, 4.69) is 18.0 Å². The molecule has 0 aliphatic rings. The number of nitrogens with one attached hydrogen (secondary N) is 1. The SMILES string of the molecule is C=CCCCCCNCc1ccc(C#N)cc1. The fourth-order valence-corrected chi connectivity index (χ4v) is 1.65. The lowest BCUT2D eigenvalue weighted by atomic mass is 10.1. The summed E-state index contributed by atoms with van der Waals surface area (Å²) in [4.78, 5) is 0. The van der Waals surface area contributed by atoms with E-state index in [0.29, 0.717) is 0 Å². The molecule has 17 heavy (non-hydrogen) atoms. The van der Waals surface area contributed by atoms with Crippen LogP contribution < -0.4 is 5.32 Å². The van der Waals surface area contributed by atoms with E-state index >= 15 is 0 Å². The van der Waals surface area contributed by atoms with Gasteiger partial charge in [0.1, 0.15) is 0 Å². The Hall–Kier alpha value is -1.59. The third-order valence-electron chi connectivity index (χ3n) is 2.67. The van der Waals surface area contributed by atoms with Gasteiger partial charge in [-0.3, -0.25) is 0 Å². The van der Waals surface area contributed by atoms with E-state index in [1.165, 1.54) is 24.8 Å². The first-order valence-electron chi connectivity index (χ1n) is 6.17. The molecule has 0 fully saturated rings. The molecule has 0 aliphatic carbocycles. The smallest absolute Gasteiger partial charge is 0.0991 e. The minimum Gasteiger partial charge on any atom is -0.313 e. The van der Waals surface area contributed by atoms with E-state index in [4.69, 9.17) is 5.26 Å². The maximum absolute atomic E-state index is 8.67. The predicted octanol–water partition coefficient (Wildman–Crippen LogP) is 3.39. The van der Waals surface area contributed by atoms with Crippen LogP contribution in [-0.2, 0) is 6.54 Å². The molecule has 1 aromatic rings. The molecule has 0 atom stereocenters. The molecule has 0 amide bonds. The minimum absolute atomic E-state index is 0.721. The van der Waals surface area contributed by atoms with Gasteiger partial charge in [-0.2, -0.15) is 5.26 Å². The predicted molar refractivity (Wildman–Crippen MR) is 71.5 cm³/mol. The zero-order chi connectivity index (χ0) is 12.3. The quantitative estimate of drug-likeness (QED) is 0.547. The third-order valence-corrected chi connectivity index (χ3v) is 2.67. The lowest BCUT2D eigenvalue weighted by Gasteiger charge is -2.04. The van der Waals surface area contributed by atoms with E-state index in [-0.39, 0.29) is 0 Å². The number of benzene rings is 1. The van der Waals surface area contributed by atoms with E-state index < -0.39 is 0 Å². The molecule has 0 unspecified atom stereocenters. The first-order valence-corrected chi connectivity index (χ1v) is 6.17. The molecule has 90 valence electrons. The first-order chi connectivity index (χ1) is 8.36. The molecule has 0 aliphatic heterocycles. The molecule has 1 rings (SSSR count). The van der Waals surface area contributed by atoms with Gasteiger partial charge in [0.2, 0.25) is 0 Å². The lowest BCUT2D eigenvalue weighted by Crippen LogP contribution is -2.14. The number of nitrogens with zero attached hydrogens (tertiary/aromatic N) is 1. The fourth-order valence-electron chi connectivity index (χ4n) is 1.65. The van der Waals surface area contributed by atoms with Crippen LogP contribution in [0.1, 0.15) is 36.8 Å². The summed E-state index contributed by atoms with van der Waals surface area (Å²) in [7, 11) is 0. The van der Waals surface area contributed by atoms with Gasteiger partial charge in [0.05, 0.1) is 11.6 Å². The van der Waals surface area contributed by atoms with Crippen LogP contribution in [0.5, 0.6) is 0 Å². The minimum atomic E-state index is 0.721. The molecule has 1 N–H and O–H groups in total. The number of hydrogen-bond acceptors (Lipinski definition) is 2. The van der Waals surface area contributed by atoms with Gasteiger partial charge in [-0.05, 0) is 43.5 Å². The summed E-state index contributed by atoms with van der Waals surface area (Å²) < 4.78 is 0. The fraction of sp³-hybridized carbons (Fsp3) is 0.400. The monoisotopic (exact) mass is 228 g/mol. The molecule has 0 saturated carbocycles. The van der Waals surface area contributed by atoms with Crippen LogP contribution in [0, 0.1) is 11.3 Å². The molecular formula is C15H20N2. The molecule has 0 radical (unpaired) electrons. The number of hydrogen-bond donors (Lipinski definition) is 1. The third kappa shape index (κ3) is 5.89. The second kappa shape index (κ2) is 8.55. The van der Waals surface area contributed by atoms with Crippen LogP contribution in [0.15, 0.2) is 36.9 Å². The van der Waals surface area contributed by atoms with Crippen molar-refractivity contribution in [2.24, 2.45) is 0 Å². The van der Waals surface area contributed by atoms with Crippen molar-refractivity contribution >= 4 is 0 Å². The lowest BCUT2D eigenvalue weighted by molar-refractivity contribution is 0.606. The van der Waals surface area contributed by atoms with Crippen LogP contribution in [0.4, 0.5) is 0 Å². The van der Waals surface area contributed by atoms with E-state index in [1.54, 1.807) is 0 Å². The van der Waals surface area contributed by atoms with Crippen molar-refractivity contribution in [3.05, 3.63) is 48.0 Å². The van der Waals surface area contributed by atoms with Gasteiger partial charge in [0.15, 0.2) is 0 Å². The van der Waals surface area contributed by atoms with Crippen LogP contribution in [0.25, 0.3) is 0 Å². The van der Waals surface area contributed by atoms with Crippen LogP contribution in [0.3, 0.4) is 0 Å². The summed E-state index contributed by atoms with van der Waals surface area (Å²) in [5, 5.41) is 12.1. The summed E-state index contributed by atoms with van der Waals surface area (Å²) in [5.74, 6) is 0. The molecule has 0 bridgehead atoms. The van der Waals surface area contributed by atoms with Crippen molar-refractivity contribution in [1.29, 1.82) is 5.26 Å². The Bertz CT molecular complexity index is 360. The highest BCUT2D eigenvalue weighted by atomic mass is 14.8. The molecule has 0 heterocycles. The molecule has 0 spiro atoms. The largest absolute Gasteiger partial charge is 0.313 e. The summed E-state index contributed by atoms with van der Waals surface area (Å²) in [6.45, 7) is 5.64. The van der Waals surface area contributed by atoms with Gasteiger partial charge in [-0.25, -0.2) is 0 Å². The average Bonchev–Trinajstić information content (AvgIpc) is 2.38. The summed E-state index contributed by atoms with van der Waals surface area (Å²) >= 11 is 0. The zero-order valence-corrected chi connectivity index (χ0v) is 10.3. The average molecular weight is 228 g/mol. The second-order valence-electron chi connectivity index (χ2n) is 4.12. The Kier molecular flexibility index (Phi) is 6.78. The van der Waals surface area contributed by atoms with Crippen LogP contribution >= 0.6 is 0 Å². The van der Waals surface area contributed by atoms with E-state index in [0.717, 1.165) is 25.1 Å². The van der Waals surface area contributed by atoms with Crippen molar-refractivity contribution in [3.63, 3.8) is 0 Å². The van der Waals surface area contributed by atoms with E-state index in [1.807, 2.05) is 30.3 Å². The number of nitriles is 1. The molecule has 2 heteroatoms. The maximum atomic E-state index is 8.67. The topological polar surface area (TPSA) is 35.8 Å². The Morgan fingerprint density at radius 1 is 1.18 bits per heavy atom. The summed E-state index contributed by atoms with van der Waals surface area (Å²) in [6.07, 6.45) is 6.80. The van der Waals surface area contributed by atoms with Crippen molar-refractivity contribution < 1.29 is 0 Å². The van der Waals surface area contributed by atoms with Gasteiger partial charge in [-0.1, -0.05) is 24.6 Å². The van der Waals surface area contributed by atoms with Crippen molar-refractivity contribution in [3.8, 4) is 6.07 Å². The van der Waals surface area contributed by atoms with Crippen molar-refractivity contribution in [1.82, 2.24) is 5.32 Å². The van der Waals surface area contributed by atoms with Crippen molar-refractivity contribution in [2.45, 2.75) is 32.2 Å². The first kappa shape index (κ1) is 13.5. The van der Waals surface area contributed by atoms with Crippen LogP contribution in [0.2, 0.25) is 0 Å². The number of unbranched alkanes of at least 4 members (excludes halogenated alkanes) is 3. The Morgan fingerprint density at radius 3 is 2.59 bits per heavy atom. The normalized spacial score (nSPS) is 9.82. The summed E-state index contributed by atoms with van der Waals surface area (Å²) in [6, 6.07) is 9.85. The molecule has 2 nitrogen and oxygen atoms in total. The maximum Gasteiger partial charge on any atom is 0.0991 e.